The van der Waals surface area contributed by atoms with Crippen molar-refractivity contribution in [2.75, 3.05) is 0 Å². The Hall–Kier alpha value is 0.496. The van der Waals surface area contributed by atoms with E-state index in [1.54, 1.807) is 0 Å². The van der Waals surface area contributed by atoms with Gasteiger partial charge in [-0.15, -0.1) is 0 Å². The standard InChI is InChI=1S/C4H4O6.2Sb.4H/c5-1(3(7)8)2(6)4(9)10;;;;;;/h1-2H,(H,7,8)(H,9,10);;;;;;/q-2;2*+1;;;;. The van der Waals surface area contributed by atoms with Gasteiger partial charge < -0.3 is 0 Å². The number of rotatable bonds is 5. The zero-order valence-electron chi connectivity index (χ0n) is 5.84. The third-order valence-electron chi connectivity index (χ3n) is 1.05. The monoisotopic (exact) mass is 394 g/mol. The van der Waals surface area contributed by atoms with E-state index >= 15 is 0 Å². The van der Waals surface area contributed by atoms with E-state index in [1.807, 2.05) is 0 Å². The predicted molar refractivity (Wildman–Crippen MR) is 42.1 cm³/mol. The summed E-state index contributed by atoms with van der Waals surface area (Å²) in [6.45, 7) is 0. The van der Waals surface area contributed by atoms with Gasteiger partial charge in [0.15, 0.2) is 0 Å². The van der Waals surface area contributed by atoms with Crippen LogP contribution in [0.4, 0.5) is 0 Å². The summed E-state index contributed by atoms with van der Waals surface area (Å²) in [6.07, 6.45) is -2.78. The van der Waals surface area contributed by atoms with Crippen molar-refractivity contribution in [1.82, 2.24) is 0 Å². The van der Waals surface area contributed by atoms with Crippen LogP contribution in [0.15, 0.2) is 0 Å². The van der Waals surface area contributed by atoms with Crippen molar-refractivity contribution in [2.24, 2.45) is 0 Å². The molecule has 0 aliphatic heterocycles. The Balaban J connectivity index is 4.44. The van der Waals surface area contributed by atoms with Crippen molar-refractivity contribution in [1.29, 1.82) is 0 Å². The molecule has 0 fully saturated rings. The van der Waals surface area contributed by atoms with E-state index in [4.69, 9.17) is 10.2 Å². The molecule has 0 saturated heterocycles. The second-order valence-corrected chi connectivity index (χ2v) is 3.34. The Morgan fingerprint density at radius 1 is 1.00 bits per heavy atom. The number of carboxylic acids is 2. The molecule has 6 nitrogen and oxygen atoms in total. The van der Waals surface area contributed by atoms with Gasteiger partial charge >= 0.3 is 96.9 Å². The van der Waals surface area contributed by atoms with Crippen LogP contribution in [0.25, 0.3) is 0 Å². The minimum atomic E-state index is -1.39. The molecule has 2 atom stereocenters. The first kappa shape index (κ1) is 12.5. The molecule has 0 aromatic rings. The molecule has 0 aliphatic carbocycles. The van der Waals surface area contributed by atoms with Crippen molar-refractivity contribution < 1.29 is 25.8 Å². The summed E-state index contributed by atoms with van der Waals surface area (Å²) in [7, 11) is 0. The van der Waals surface area contributed by atoms with Crippen LogP contribution in [-0.4, -0.2) is 81.2 Å². The van der Waals surface area contributed by atoms with Gasteiger partial charge in [0.2, 0.25) is 0 Å². The second kappa shape index (κ2) is 6.03. The molecule has 0 saturated carbocycles. The maximum atomic E-state index is 10.4. The van der Waals surface area contributed by atoms with Gasteiger partial charge in [-0.2, -0.15) is 0 Å². The fraction of sp³-hybridized carbons (Fsp3) is 0.500. The maximum absolute atomic E-state index is 10.4. The van der Waals surface area contributed by atoms with Crippen LogP contribution < -0.4 is 0 Å². The van der Waals surface area contributed by atoms with E-state index in [2.05, 4.69) is 6.03 Å². The van der Waals surface area contributed by atoms with Gasteiger partial charge in [0, 0.05) is 0 Å². The first-order valence-corrected chi connectivity index (χ1v) is 5.40. The summed E-state index contributed by atoms with van der Waals surface area (Å²) >= 11 is 0.440. The summed E-state index contributed by atoms with van der Waals surface area (Å²) in [5.41, 5.74) is 0. The van der Waals surface area contributed by atoms with E-state index < -0.39 is 24.1 Å². The summed E-state index contributed by atoms with van der Waals surface area (Å²) in [5, 5.41) is 17.0. The summed E-state index contributed by atoms with van der Waals surface area (Å²) < 4.78 is 9.14. The van der Waals surface area contributed by atoms with Crippen molar-refractivity contribution in [3.05, 3.63) is 0 Å². The quantitative estimate of drug-likeness (QED) is 0.483. The topological polar surface area (TPSA) is 93.1 Å². The average molecular weight is 396 g/mol. The first-order chi connectivity index (χ1) is 5.54. The van der Waals surface area contributed by atoms with Crippen molar-refractivity contribution in [2.45, 2.75) is 12.2 Å². The summed E-state index contributed by atoms with van der Waals surface area (Å²) in [6, 6.07) is 0. The van der Waals surface area contributed by atoms with Crippen LogP contribution in [0.1, 0.15) is 0 Å². The molecule has 0 amide bonds. The molecular weight excluding hydrogens is 388 g/mol. The molecular formula is C4H8O6Sb2. The predicted octanol–water partition coefficient (Wildman–Crippen LogP) is -2.98. The van der Waals surface area contributed by atoms with E-state index in [0.29, 0.717) is 0 Å². The van der Waals surface area contributed by atoms with Crippen LogP contribution in [0.5, 0.6) is 0 Å². The van der Waals surface area contributed by atoms with Crippen LogP contribution in [-0.2, 0) is 15.6 Å². The molecule has 0 aliphatic rings. The normalized spacial score (nSPS) is 15.2. The molecule has 0 aromatic carbocycles. The van der Waals surface area contributed by atoms with Crippen molar-refractivity contribution >= 4 is 58.8 Å². The van der Waals surface area contributed by atoms with Crippen molar-refractivity contribution in [3.8, 4) is 0 Å². The SMILES string of the molecule is O=C(O)C([O][SbH2])C([O][SbH2])C(=O)O. The number of carboxylic acid groups (broad SMARTS) is 2. The van der Waals surface area contributed by atoms with E-state index in [1.165, 1.54) is 0 Å². The number of aliphatic carboxylic acids is 2. The molecule has 8 heteroatoms. The van der Waals surface area contributed by atoms with Gasteiger partial charge in [-0.05, 0) is 0 Å². The number of hydrogen-bond acceptors (Lipinski definition) is 4. The molecule has 0 aromatic heterocycles. The Bertz CT molecular complexity index is 162. The molecule has 0 spiro atoms. The molecule has 0 radical (unpaired) electrons. The Morgan fingerprint density at radius 3 is 1.33 bits per heavy atom. The summed E-state index contributed by atoms with van der Waals surface area (Å²) in [5.74, 6) is -2.63. The third-order valence-corrected chi connectivity index (χ3v) is 2.73. The van der Waals surface area contributed by atoms with Gasteiger partial charge in [-0.25, -0.2) is 0 Å². The van der Waals surface area contributed by atoms with Gasteiger partial charge in [0.05, 0.1) is 0 Å². The molecule has 0 heterocycles. The molecule has 0 rings (SSSR count). The third kappa shape index (κ3) is 3.48. The Kier molecular flexibility index (Phi) is 6.28. The second-order valence-electron chi connectivity index (χ2n) is 1.79. The fourth-order valence-corrected chi connectivity index (χ4v) is 2.00. The molecule has 70 valence electrons. The average Bonchev–Trinajstić information content (AvgIpc) is 1.98. The zero-order chi connectivity index (χ0) is 9.72. The zero-order valence-corrected chi connectivity index (χ0v) is 12.4. The van der Waals surface area contributed by atoms with Gasteiger partial charge in [0.25, 0.3) is 0 Å². The van der Waals surface area contributed by atoms with E-state index in [9.17, 15) is 9.59 Å². The molecule has 0 bridgehead atoms. The fourth-order valence-electron chi connectivity index (χ4n) is 0.518. The summed E-state index contributed by atoms with van der Waals surface area (Å²) in [4.78, 5) is 20.8. The molecule has 2 N–H and O–H groups in total. The van der Waals surface area contributed by atoms with Crippen molar-refractivity contribution in [3.63, 3.8) is 0 Å². The molecule has 2 unspecified atom stereocenters. The number of hydrogen-bond donors (Lipinski definition) is 2. The van der Waals surface area contributed by atoms with Gasteiger partial charge in [-0.3, -0.25) is 0 Å². The Morgan fingerprint density at radius 2 is 1.25 bits per heavy atom. The van der Waals surface area contributed by atoms with E-state index in [-0.39, 0.29) is 46.9 Å². The van der Waals surface area contributed by atoms with Crippen LogP contribution in [0.3, 0.4) is 0 Å². The van der Waals surface area contributed by atoms with Crippen LogP contribution in [0, 0.1) is 0 Å². The van der Waals surface area contributed by atoms with Gasteiger partial charge in [-0.1, -0.05) is 0 Å². The first-order valence-electron chi connectivity index (χ1n) is 2.71. The Labute approximate surface area is 96.3 Å². The van der Waals surface area contributed by atoms with E-state index in [0.717, 1.165) is 0 Å². The molecule has 12 heavy (non-hydrogen) atoms. The van der Waals surface area contributed by atoms with Crippen LogP contribution >= 0.6 is 0 Å². The van der Waals surface area contributed by atoms with Gasteiger partial charge in [0.1, 0.15) is 0 Å². The van der Waals surface area contributed by atoms with Crippen LogP contribution in [0.2, 0.25) is 0 Å². The number of carbonyl (C=O) groups is 2. The minimum absolute atomic E-state index is 0.220.